The third-order valence-corrected chi connectivity index (χ3v) is 3.23. The van der Waals surface area contributed by atoms with Gasteiger partial charge in [0.15, 0.2) is 0 Å². The van der Waals surface area contributed by atoms with E-state index in [1.165, 1.54) is 11.1 Å². The van der Waals surface area contributed by atoms with Crippen molar-refractivity contribution in [3.8, 4) is 6.07 Å². The number of nitriles is 1. The second-order valence-electron chi connectivity index (χ2n) is 4.91. The van der Waals surface area contributed by atoms with Crippen LogP contribution in [0, 0.1) is 25.2 Å². The summed E-state index contributed by atoms with van der Waals surface area (Å²) < 4.78 is 0. The second kappa shape index (κ2) is 5.58. The zero-order chi connectivity index (χ0) is 14.7. The molecule has 0 heterocycles. The fourth-order valence-electron chi connectivity index (χ4n) is 2.29. The number of nitrogens with zero attached hydrogens (tertiary/aromatic N) is 2. The molecular formula is C17H16N2O. The normalized spacial score (nSPS) is 9.90. The Kier molecular flexibility index (Phi) is 3.86. The van der Waals surface area contributed by atoms with E-state index in [0.29, 0.717) is 11.1 Å². The molecule has 100 valence electrons. The van der Waals surface area contributed by atoms with E-state index in [9.17, 15) is 10.1 Å². The fourth-order valence-corrected chi connectivity index (χ4v) is 2.29. The maximum atomic E-state index is 10.8. The Morgan fingerprint density at radius 2 is 1.75 bits per heavy atom. The molecule has 3 heteroatoms. The number of anilines is 2. The van der Waals surface area contributed by atoms with E-state index in [0.717, 1.165) is 17.7 Å². The summed E-state index contributed by atoms with van der Waals surface area (Å²) in [5.74, 6) is 0. The number of carbonyl (C=O) groups is 1. The van der Waals surface area contributed by atoms with Crippen LogP contribution in [0.4, 0.5) is 11.4 Å². The van der Waals surface area contributed by atoms with Crippen LogP contribution in [0.25, 0.3) is 0 Å². The van der Waals surface area contributed by atoms with Crippen molar-refractivity contribution in [2.45, 2.75) is 13.8 Å². The zero-order valence-corrected chi connectivity index (χ0v) is 11.8. The van der Waals surface area contributed by atoms with Gasteiger partial charge in [0.05, 0.1) is 11.3 Å². The molecule has 0 radical (unpaired) electrons. The maximum absolute atomic E-state index is 10.8. The number of aldehydes is 1. The van der Waals surface area contributed by atoms with Crippen molar-refractivity contribution in [1.82, 2.24) is 0 Å². The first kappa shape index (κ1) is 13.8. The molecule has 0 aliphatic rings. The van der Waals surface area contributed by atoms with Crippen LogP contribution in [-0.4, -0.2) is 13.3 Å². The van der Waals surface area contributed by atoms with E-state index in [1.54, 1.807) is 18.2 Å². The van der Waals surface area contributed by atoms with Crippen LogP contribution in [-0.2, 0) is 0 Å². The Balaban J connectivity index is 2.50. The summed E-state index contributed by atoms with van der Waals surface area (Å²) in [6, 6.07) is 13.5. The highest BCUT2D eigenvalue weighted by Gasteiger charge is 2.10. The quantitative estimate of drug-likeness (QED) is 0.793. The smallest absolute Gasteiger partial charge is 0.150 e. The first-order chi connectivity index (χ1) is 9.55. The van der Waals surface area contributed by atoms with Gasteiger partial charge in [0.25, 0.3) is 0 Å². The number of hydrogen-bond acceptors (Lipinski definition) is 3. The average molecular weight is 264 g/mol. The third-order valence-electron chi connectivity index (χ3n) is 3.23. The molecule has 0 saturated heterocycles. The van der Waals surface area contributed by atoms with E-state index < -0.39 is 0 Å². The van der Waals surface area contributed by atoms with Crippen LogP contribution in [0.5, 0.6) is 0 Å². The molecule has 0 unspecified atom stereocenters. The molecule has 2 rings (SSSR count). The monoisotopic (exact) mass is 264 g/mol. The molecule has 0 aliphatic heterocycles. The lowest BCUT2D eigenvalue weighted by Crippen LogP contribution is -2.11. The van der Waals surface area contributed by atoms with Gasteiger partial charge in [0.1, 0.15) is 12.4 Å². The summed E-state index contributed by atoms with van der Waals surface area (Å²) in [5, 5.41) is 9.25. The number of benzene rings is 2. The first-order valence-electron chi connectivity index (χ1n) is 6.36. The Labute approximate surface area is 119 Å². The fraction of sp³-hybridized carbons (Fsp3) is 0.176. The molecule has 0 aromatic heterocycles. The van der Waals surface area contributed by atoms with Gasteiger partial charge < -0.3 is 4.90 Å². The zero-order valence-electron chi connectivity index (χ0n) is 11.8. The summed E-state index contributed by atoms with van der Waals surface area (Å²) in [5.41, 5.74) is 5.18. The molecule has 0 fully saturated rings. The van der Waals surface area contributed by atoms with Crippen LogP contribution < -0.4 is 4.90 Å². The molecule has 0 saturated carbocycles. The van der Waals surface area contributed by atoms with E-state index in [-0.39, 0.29) is 0 Å². The van der Waals surface area contributed by atoms with Crippen molar-refractivity contribution < 1.29 is 4.79 Å². The Morgan fingerprint density at radius 1 is 1.10 bits per heavy atom. The summed E-state index contributed by atoms with van der Waals surface area (Å²) in [4.78, 5) is 12.8. The van der Waals surface area contributed by atoms with Crippen molar-refractivity contribution in [2.24, 2.45) is 0 Å². The van der Waals surface area contributed by atoms with Crippen molar-refractivity contribution in [2.75, 3.05) is 11.9 Å². The molecule has 0 atom stereocenters. The minimum absolute atomic E-state index is 0.497. The summed E-state index contributed by atoms with van der Waals surface area (Å²) in [6.45, 7) is 4.09. The lowest BCUT2D eigenvalue weighted by Gasteiger charge is -2.22. The summed E-state index contributed by atoms with van der Waals surface area (Å²) in [6.07, 6.45) is 0.751. The highest BCUT2D eigenvalue weighted by Crippen LogP contribution is 2.28. The van der Waals surface area contributed by atoms with Crippen LogP contribution in [0.2, 0.25) is 0 Å². The van der Waals surface area contributed by atoms with Crippen LogP contribution >= 0.6 is 0 Å². The topological polar surface area (TPSA) is 44.1 Å². The van der Waals surface area contributed by atoms with E-state index in [4.69, 9.17) is 0 Å². The number of hydrogen-bond donors (Lipinski definition) is 0. The van der Waals surface area contributed by atoms with Gasteiger partial charge in [-0.3, -0.25) is 4.79 Å². The predicted octanol–water partition coefficient (Wildman–Crippen LogP) is 3.76. The minimum Gasteiger partial charge on any atom is -0.344 e. The van der Waals surface area contributed by atoms with Crippen LogP contribution in [0.3, 0.4) is 0 Å². The highest BCUT2D eigenvalue weighted by molar-refractivity contribution is 5.79. The van der Waals surface area contributed by atoms with Crippen molar-refractivity contribution in [3.05, 3.63) is 58.7 Å². The van der Waals surface area contributed by atoms with Crippen LogP contribution in [0.15, 0.2) is 36.4 Å². The third kappa shape index (κ3) is 2.70. The Hall–Kier alpha value is -2.60. The predicted molar refractivity (Wildman–Crippen MR) is 80.5 cm³/mol. The SMILES string of the molecule is Cc1cc(C)cc(N(C)c2ccc(C=O)cc2C#N)c1. The lowest BCUT2D eigenvalue weighted by atomic mass is 10.1. The van der Waals surface area contributed by atoms with Gasteiger partial charge in [-0.25, -0.2) is 0 Å². The second-order valence-corrected chi connectivity index (χ2v) is 4.91. The summed E-state index contributed by atoms with van der Waals surface area (Å²) in [7, 11) is 1.92. The summed E-state index contributed by atoms with van der Waals surface area (Å²) >= 11 is 0. The molecule has 3 nitrogen and oxygen atoms in total. The van der Waals surface area contributed by atoms with E-state index in [2.05, 4.69) is 24.3 Å². The molecule has 0 N–H and O–H groups in total. The maximum Gasteiger partial charge on any atom is 0.150 e. The number of rotatable bonds is 3. The molecule has 0 amide bonds. The molecule has 20 heavy (non-hydrogen) atoms. The van der Waals surface area contributed by atoms with Gasteiger partial charge in [-0.1, -0.05) is 6.07 Å². The highest BCUT2D eigenvalue weighted by atomic mass is 16.1. The van der Waals surface area contributed by atoms with Crippen molar-refractivity contribution in [1.29, 1.82) is 5.26 Å². The van der Waals surface area contributed by atoms with Gasteiger partial charge in [0, 0.05) is 18.3 Å². The average Bonchev–Trinajstić information content (AvgIpc) is 2.44. The first-order valence-corrected chi connectivity index (χ1v) is 6.36. The van der Waals surface area contributed by atoms with E-state index in [1.807, 2.05) is 25.8 Å². The van der Waals surface area contributed by atoms with Gasteiger partial charge in [0.2, 0.25) is 0 Å². The van der Waals surface area contributed by atoms with Gasteiger partial charge in [-0.2, -0.15) is 5.26 Å². The van der Waals surface area contributed by atoms with Crippen molar-refractivity contribution in [3.63, 3.8) is 0 Å². The molecule has 0 aliphatic carbocycles. The number of aryl methyl sites for hydroxylation is 2. The van der Waals surface area contributed by atoms with E-state index >= 15 is 0 Å². The van der Waals surface area contributed by atoms with Gasteiger partial charge >= 0.3 is 0 Å². The van der Waals surface area contributed by atoms with Crippen molar-refractivity contribution >= 4 is 17.7 Å². The molecule has 0 spiro atoms. The Bertz CT molecular complexity index is 678. The molecule has 2 aromatic rings. The lowest BCUT2D eigenvalue weighted by molar-refractivity contribution is 0.112. The molecule has 2 aromatic carbocycles. The Morgan fingerprint density at radius 3 is 2.30 bits per heavy atom. The van der Waals surface area contributed by atoms with Gasteiger partial charge in [-0.05, 0) is 55.3 Å². The van der Waals surface area contributed by atoms with Crippen LogP contribution in [0.1, 0.15) is 27.0 Å². The molecule has 0 bridgehead atoms. The number of carbonyl (C=O) groups excluding carboxylic acids is 1. The van der Waals surface area contributed by atoms with Gasteiger partial charge in [-0.15, -0.1) is 0 Å². The standard InChI is InChI=1S/C17H16N2O/c1-12-6-13(2)8-16(7-12)19(3)17-5-4-14(11-20)9-15(17)10-18/h4-9,11H,1-3H3. The largest absolute Gasteiger partial charge is 0.344 e. The molecular weight excluding hydrogens is 248 g/mol. The minimum atomic E-state index is 0.497.